The zero-order valence-electron chi connectivity index (χ0n) is 9.42. The zero-order valence-corrected chi connectivity index (χ0v) is 10.2. The van der Waals surface area contributed by atoms with E-state index in [0.29, 0.717) is 5.89 Å². The minimum absolute atomic E-state index is 0.133. The number of rotatable bonds is 2. The topological polar surface area (TPSA) is 26.0 Å². The lowest BCUT2D eigenvalue weighted by atomic mass is 9.74. The predicted molar refractivity (Wildman–Crippen MR) is 61.2 cm³/mol. The maximum Gasteiger partial charge on any atom is 0.212 e. The predicted octanol–water partition coefficient (Wildman–Crippen LogP) is 4.20. The van der Waals surface area contributed by atoms with Crippen molar-refractivity contribution in [1.82, 2.24) is 4.98 Å². The Bertz CT molecular complexity index is 326. The molecule has 0 aromatic carbocycles. The van der Waals surface area contributed by atoms with E-state index in [0.717, 1.165) is 5.76 Å². The molecule has 0 N–H and O–H groups in total. The van der Waals surface area contributed by atoms with Gasteiger partial charge in [-0.05, 0) is 19.8 Å². The largest absolute Gasteiger partial charge is 0.444 e. The van der Waals surface area contributed by atoms with Crippen molar-refractivity contribution >= 4 is 11.6 Å². The second-order valence-corrected chi connectivity index (χ2v) is 5.45. The van der Waals surface area contributed by atoms with E-state index in [2.05, 4.69) is 11.9 Å². The van der Waals surface area contributed by atoms with E-state index >= 15 is 0 Å². The first kappa shape index (κ1) is 11.0. The van der Waals surface area contributed by atoms with Crippen molar-refractivity contribution < 1.29 is 4.42 Å². The van der Waals surface area contributed by atoms with Gasteiger partial charge < -0.3 is 4.42 Å². The molecular weight excluding hydrogens is 210 g/mol. The van der Waals surface area contributed by atoms with Crippen molar-refractivity contribution in [3.8, 4) is 0 Å². The highest BCUT2D eigenvalue weighted by Gasteiger charge is 2.32. The molecule has 0 aliphatic heterocycles. The Kier molecular flexibility index (Phi) is 3.06. The summed E-state index contributed by atoms with van der Waals surface area (Å²) in [6.45, 7) is 4.16. The second-order valence-electron chi connectivity index (χ2n) is 4.80. The lowest BCUT2D eigenvalue weighted by Crippen LogP contribution is -2.24. The smallest absolute Gasteiger partial charge is 0.212 e. The molecule has 0 spiro atoms. The fourth-order valence-electron chi connectivity index (χ4n) is 2.33. The monoisotopic (exact) mass is 227 g/mol. The van der Waals surface area contributed by atoms with E-state index in [4.69, 9.17) is 16.0 Å². The first-order chi connectivity index (χ1) is 7.12. The van der Waals surface area contributed by atoms with E-state index < -0.39 is 0 Å². The molecule has 0 radical (unpaired) electrons. The molecule has 1 aliphatic carbocycles. The van der Waals surface area contributed by atoms with Gasteiger partial charge in [0.05, 0.1) is 6.20 Å². The fourth-order valence-corrected chi connectivity index (χ4v) is 2.43. The molecule has 1 unspecified atom stereocenters. The van der Waals surface area contributed by atoms with E-state index in [1.165, 1.54) is 32.1 Å². The van der Waals surface area contributed by atoms with Crippen LogP contribution in [0.1, 0.15) is 63.0 Å². The number of aromatic nitrogens is 1. The molecule has 1 heterocycles. The molecule has 1 atom stereocenters. The molecule has 1 fully saturated rings. The molecule has 2 nitrogen and oxygen atoms in total. The van der Waals surface area contributed by atoms with Crippen LogP contribution in [0.3, 0.4) is 0 Å². The van der Waals surface area contributed by atoms with Gasteiger partial charge in [0.15, 0.2) is 0 Å². The van der Waals surface area contributed by atoms with Gasteiger partial charge in [-0.15, -0.1) is 11.6 Å². The maximum absolute atomic E-state index is 5.94. The van der Waals surface area contributed by atoms with E-state index in [1.807, 2.05) is 13.1 Å². The first-order valence-electron chi connectivity index (χ1n) is 5.72. The lowest BCUT2D eigenvalue weighted by molar-refractivity contribution is 0.261. The van der Waals surface area contributed by atoms with E-state index in [-0.39, 0.29) is 10.8 Å². The summed E-state index contributed by atoms with van der Waals surface area (Å²) in [6.07, 6.45) is 8.21. The van der Waals surface area contributed by atoms with Gasteiger partial charge in [-0.3, -0.25) is 0 Å². The summed E-state index contributed by atoms with van der Waals surface area (Å²) in [5, 5.41) is -0.133. The number of hydrogen-bond donors (Lipinski definition) is 0. The minimum atomic E-state index is -0.133. The van der Waals surface area contributed by atoms with Gasteiger partial charge in [0, 0.05) is 5.41 Å². The van der Waals surface area contributed by atoms with Crippen LogP contribution >= 0.6 is 11.6 Å². The Morgan fingerprint density at radius 2 is 2.07 bits per heavy atom. The highest BCUT2D eigenvalue weighted by Crippen LogP contribution is 2.39. The quantitative estimate of drug-likeness (QED) is 0.708. The van der Waals surface area contributed by atoms with Crippen molar-refractivity contribution in [1.29, 1.82) is 0 Å². The summed E-state index contributed by atoms with van der Waals surface area (Å²) in [7, 11) is 0. The normalized spacial score (nSPS) is 22.6. The highest BCUT2D eigenvalue weighted by atomic mass is 35.5. The van der Waals surface area contributed by atoms with Crippen LogP contribution in [0.15, 0.2) is 10.6 Å². The van der Waals surface area contributed by atoms with Crippen molar-refractivity contribution in [2.24, 2.45) is 0 Å². The van der Waals surface area contributed by atoms with Crippen LogP contribution in [0.25, 0.3) is 0 Å². The van der Waals surface area contributed by atoms with Gasteiger partial charge in [-0.2, -0.15) is 0 Å². The van der Waals surface area contributed by atoms with Gasteiger partial charge in [0.2, 0.25) is 5.89 Å². The summed E-state index contributed by atoms with van der Waals surface area (Å²) in [4.78, 5) is 4.24. The van der Waals surface area contributed by atoms with Gasteiger partial charge in [-0.1, -0.05) is 26.2 Å². The molecule has 2 rings (SSSR count). The van der Waals surface area contributed by atoms with Gasteiger partial charge in [0.1, 0.15) is 11.1 Å². The molecule has 0 bridgehead atoms. The molecule has 84 valence electrons. The molecule has 1 saturated carbocycles. The first-order valence-corrected chi connectivity index (χ1v) is 6.16. The van der Waals surface area contributed by atoms with Crippen LogP contribution in [-0.4, -0.2) is 4.98 Å². The molecule has 0 amide bonds. The lowest BCUT2D eigenvalue weighted by Gasteiger charge is -2.30. The molecular formula is C12H18ClNO. The molecule has 1 aromatic heterocycles. The SMILES string of the molecule is CC(Cl)c1ncc(C2(C)CCCCC2)o1. The van der Waals surface area contributed by atoms with Gasteiger partial charge >= 0.3 is 0 Å². The molecule has 3 heteroatoms. The summed E-state index contributed by atoms with van der Waals surface area (Å²) < 4.78 is 5.74. The van der Waals surface area contributed by atoms with Crippen molar-refractivity contribution in [3.63, 3.8) is 0 Å². The molecule has 1 aromatic rings. The number of oxazole rings is 1. The van der Waals surface area contributed by atoms with Crippen LogP contribution in [0.5, 0.6) is 0 Å². The number of halogens is 1. The van der Waals surface area contributed by atoms with Crippen LogP contribution in [-0.2, 0) is 5.41 Å². The Morgan fingerprint density at radius 3 is 2.60 bits per heavy atom. The number of nitrogens with zero attached hydrogens (tertiary/aromatic N) is 1. The third-order valence-corrected chi connectivity index (χ3v) is 3.60. The van der Waals surface area contributed by atoms with Gasteiger partial charge in [-0.25, -0.2) is 4.98 Å². The Labute approximate surface area is 96.0 Å². The molecule has 0 saturated heterocycles. The zero-order chi connectivity index (χ0) is 10.9. The van der Waals surface area contributed by atoms with E-state index in [9.17, 15) is 0 Å². The van der Waals surface area contributed by atoms with Gasteiger partial charge in [0.25, 0.3) is 0 Å². The molecule has 1 aliphatic rings. The van der Waals surface area contributed by atoms with Crippen LogP contribution in [0.2, 0.25) is 0 Å². The number of hydrogen-bond acceptors (Lipinski definition) is 2. The summed E-state index contributed by atoms with van der Waals surface area (Å²) in [5.74, 6) is 1.67. The Hall–Kier alpha value is -0.500. The number of alkyl halides is 1. The van der Waals surface area contributed by atoms with Crippen LogP contribution < -0.4 is 0 Å². The maximum atomic E-state index is 5.94. The van der Waals surface area contributed by atoms with Crippen LogP contribution in [0.4, 0.5) is 0 Å². The summed E-state index contributed by atoms with van der Waals surface area (Å²) >= 11 is 5.94. The average Bonchev–Trinajstić information content (AvgIpc) is 2.68. The van der Waals surface area contributed by atoms with Crippen molar-refractivity contribution in [2.75, 3.05) is 0 Å². The Morgan fingerprint density at radius 1 is 1.40 bits per heavy atom. The molecule has 15 heavy (non-hydrogen) atoms. The van der Waals surface area contributed by atoms with E-state index in [1.54, 1.807) is 0 Å². The Balaban J connectivity index is 2.20. The van der Waals surface area contributed by atoms with Crippen LogP contribution in [0, 0.1) is 0 Å². The summed E-state index contributed by atoms with van der Waals surface area (Å²) in [6, 6.07) is 0. The minimum Gasteiger partial charge on any atom is -0.444 e. The highest BCUT2D eigenvalue weighted by molar-refractivity contribution is 6.20. The third-order valence-electron chi connectivity index (χ3n) is 3.42. The summed E-state index contributed by atoms with van der Waals surface area (Å²) in [5.41, 5.74) is 0.190. The van der Waals surface area contributed by atoms with Crippen molar-refractivity contribution in [3.05, 3.63) is 17.8 Å². The second kappa shape index (κ2) is 4.17. The third kappa shape index (κ3) is 2.20. The average molecular weight is 228 g/mol. The fraction of sp³-hybridized carbons (Fsp3) is 0.750. The van der Waals surface area contributed by atoms with Crippen molar-refractivity contribution in [2.45, 2.75) is 56.7 Å². The standard InChI is InChI=1S/C12H18ClNO/c1-9(13)11-14-8-10(15-11)12(2)6-4-3-5-7-12/h8-9H,3-7H2,1-2H3.